The minimum absolute atomic E-state index is 0.226. The zero-order valence-corrected chi connectivity index (χ0v) is 14.7. The summed E-state index contributed by atoms with van der Waals surface area (Å²) in [6.45, 7) is 7.88. The molecule has 132 valence electrons. The van der Waals surface area contributed by atoms with Gasteiger partial charge in [-0.1, -0.05) is 13.8 Å². The lowest BCUT2D eigenvalue weighted by molar-refractivity contribution is -0.0172. The Bertz CT molecular complexity index is 631. The van der Waals surface area contributed by atoms with E-state index < -0.39 is 0 Å². The minimum atomic E-state index is -0.247. The number of hydrogen-bond acceptors (Lipinski definition) is 3. The van der Waals surface area contributed by atoms with Gasteiger partial charge in [0.1, 0.15) is 11.6 Å². The van der Waals surface area contributed by atoms with Gasteiger partial charge in [0.15, 0.2) is 12.8 Å². The molecule has 1 aromatic carbocycles. The van der Waals surface area contributed by atoms with Crippen molar-refractivity contribution in [3.05, 3.63) is 29.1 Å². The zero-order valence-electron chi connectivity index (χ0n) is 14.7. The van der Waals surface area contributed by atoms with Crippen molar-refractivity contribution in [2.24, 2.45) is 10.4 Å². The van der Waals surface area contributed by atoms with Crippen LogP contribution < -0.4 is 10.1 Å². The number of aliphatic imine (C=N–C) groups is 1. The Morgan fingerprint density at radius 2 is 2.25 bits per heavy atom. The number of fused-ring (bicyclic) bond motifs is 1. The highest BCUT2D eigenvalue weighted by molar-refractivity contribution is 5.80. The molecule has 0 radical (unpaired) electrons. The Hall–Kier alpha value is -1.82. The molecule has 1 aromatic rings. The Labute approximate surface area is 142 Å². The molecule has 1 N–H and O–H groups in total. The van der Waals surface area contributed by atoms with Crippen molar-refractivity contribution in [1.29, 1.82) is 0 Å². The number of likely N-dealkylation sites (tertiary alicyclic amines) is 1. The lowest BCUT2D eigenvalue weighted by atomic mass is 9.93. The third kappa shape index (κ3) is 3.80. The molecule has 0 aliphatic carbocycles. The monoisotopic (exact) mass is 335 g/mol. The molecule has 0 saturated carbocycles. The second-order valence-electron chi connectivity index (χ2n) is 7.22. The summed E-state index contributed by atoms with van der Waals surface area (Å²) < 4.78 is 24.6. The predicted octanol–water partition coefficient (Wildman–Crippen LogP) is 2.54. The summed E-state index contributed by atoms with van der Waals surface area (Å²) in [5.41, 5.74) is 1.98. The molecule has 0 unspecified atom stereocenters. The van der Waals surface area contributed by atoms with Crippen LogP contribution in [0.25, 0.3) is 0 Å². The van der Waals surface area contributed by atoms with Crippen LogP contribution >= 0.6 is 0 Å². The van der Waals surface area contributed by atoms with Crippen molar-refractivity contribution in [1.82, 2.24) is 10.2 Å². The van der Waals surface area contributed by atoms with E-state index in [1.54, 1.807) is 13.1 Å². The molecule has 6 heteroatoms. The molecular formula is C18H26FN3O2. The summed E-state index contributed by atoms with van der Waals surface area (Å²) in [6, 6.07) is 3.03. The Kier molecular flexibility index (Phi) is 4.94. The van der Waals surface area contributed by atoms with E-state index in [0.717, 1.165) is 35.9 Å². The molecule has 0 aromatic heterocycles. The van der Waals surface area contributed by atoms with Crippen LogP contribution in [0.1, 0.15) is 31.4 Å². The fourth-order valence-electron chi connectivity index (χ4n) is 3.38. The zero-order chi connectivity index (χ0) is 17.2. The number of ether oxygens (including phenoxy) is 2. The molecular weight excluding hydrogens is 309 g/mol. The maximum absolute atomic E-state index is 13.8. The summed E-state index contributed by atoms with van der Waals surface area (Å²) >= 11 is 0. The lowest BCUT2D eigenvalue weighted by Gasteiger charge is -2.24. The highest BCUT2D eigenvalue weighted by Gasteiger charge is 2.30. The van der Waals surface area contributed by atoms with E-state index in [2.05, 4.69) is 29.1 Å². The molecule has 2 heterocycles. The van der Waals surface area contributed by atoms with Gasteiger partial charge in [0.25, 0.3) is 0 Å². The normalized spacial score (nSPS) is 19.8. The van der Waals surface area contributed by atoms with Gasteiger partial charge < -0.3 is 19.7 Å². The first-order valence-corrected chi connectivity index (χ1v) is 8.46. The molecule has 2 aliphatic heterocycles. The molecule has 0 amide bonds. The van der Waals surface area contributed by atoms with Crippen LogP contribution in [0, 0.1) is 11.2 Å². The van der Waals surface area contributed by atoms with Gasteiger partial charge in [0, 0.05) is 32.2 Å². The summed E-state index contributed by atoms with van der Waals surface area (Å²) in [5, 5.41) is 3.39. The van der Waals surface area contributed by atoms with E-state index in [9.17, 15) is 4.39 Å². The van der Waals surface area contributed by atoms with Gasteiger partial charge in [-0.15, -0.1) is 0 Å². The van der Waals surface area contributed by atoms with E-state index in [-0.39, 0.29) is 12.6 Å². The van der Waals surface area contributed by atoms with Crippen LogP contribution in [0.4, 0.5) is 4.39 Å². The van der Waals surface area contributed by atoms with Crippen molar-refractivity contribution in [3.63, 3.8) is 0 Å². The molecule has 2 aliphatic rings. The maximum Gasteiger partial charge on any atom is 0.193 e. The topological polar surface area (TPSA) is 46.1 Å². The Morgan fingerprint density at radius 1 is 1.42 bits per heavy atom. The molecule has 24 heavy (non-hydrogen) atoms. The summed E-state index contributed by atoms with van der Waals surface area (Å²) in [6.07, 6.45) is 1.84. The van der Waals surface area contributed by atoms with Crippen molar-refractivity contribution in [3.8, 4) is 5.75 Å². The average molecular weight is 335 g/mol. The summed E-state index contributed by atoms with van der Waals surface area (Å²) in [7, 11) is 1.80. The minimum Gasteiger partial charge on any atom is -0.467 e. The number of nitrogens with one attached hydrogen (secondary N) is 1. The van der Waals surface area contributed by atoms with Crippen LogP contribution in [0.3, 0.4) is 0 Å². The molecule has 0 atom stereocenters. The van der Waals surface area contributed by atoms with E-state index >= 15 is 0 Å². The second-order valence-corrected chi connectivity index (χ2v) is 7.22. The van der Waals surface area contributed by atoms with Crippen molar-refractivity contribution < 1.29 is 13.9 Å². The fourth-order valence-corrected chi connectivity index (χ4v) is 3.38. The largest absolute Gasteiger partial charge is 0.467 e. The number of benzene rings is 1. The molecule has 1 saturated heterocycles. The van der Waals surface area contributed by atoms with Gasteiger partial charge in [0.2, 0.25) is 0 Å². The highest BCUT2D eigenvalue weighted by atomic mass is 19.1. The SMILES string of the molecule is CN=C(NCCc1cc(F)cc2c1OCOC2)N1CCC(C)(C)C1. The van der Waals surface area contributed by atoms with E-state index in [4.69, 9.17) is 9.47 Å². The second kappa shape index (κ2) is 6.97. The first-order valence-electron chi connectivity index (χ1n) is 8.46. The highest BCUT2D eigenvalue weighted by Crippen LogP contribution is 2.30. The Balaban J connectivity index is 1.61. The third-order valence-electron chi connectivity index (χ3n) is 4.62. The number of guanidine groups is 1. The number of nitrogens with zero attached hydrogens (tertiary/aromatic N) is 2. The molecule has 0 bridgehead atoms. The van der Waals surface area contributed by atoms with E-state index in [1.165, 1.54) is 12.5 Å². The average Bonchev–Trinajstić information content (AvgIpc) is 2.91. The smallest absolute Gasteiger partial charge is 0.193 e. The van der Waals surface area contributed by atoms with Gasteiger partial charge in [-0.25, -0.2) is 4.39 Å². The number of halogens is 1. The van der Waals surface area contributed by atoms with E-state index in [0.29, 0.717) is 25.0 Å². The lowest BCUT2D eigenvalue weighted by Crippen LogP contribution is -2.41. The standard InChI is InChI=1S/C18H26FN3O2/c1-18(2)5-7-22(11-18)17(20-3)21-6-4-13-8-15(19)9-14-10-23-12-24-16(13)14/h8-9H,4-7,10-12H2,1-3H3,(H,20,21). The van der Waals surface area contributed by atoms with Crippen LogP contribution in [-0.4, -0.2) is 44.3 Å². The predicted molar refractivity (Wildman–Crippen MR) is 91.7 cm³/mol. The van der Waals surface area contributed by atoms with Crippen LogP contribution in [0.2, 0.25) is 0 Å². The van der Waals surface area contributed by atoms with Crippen molar-refractivity contribution in [2.45, 2.75) is 33.3 Å². The van der Waals surface area contributed by atoms with Gasteiger partial charge in [-0.2, -0.15) is 0 Å². The van der Waals surface area contributed by atoms with Crippen LogP contribution in [0.5, 0.6) is 5.75 Å². The summed E-state index contributed by atoms with van der Waals surface area (Å²) in [4.78, 5) is 6.66. The molecule has 1 fully saturated rings. The fraction of sp³-hybridized carbons (Fsp3) is 0.611. The molecule has 3 rings (SSSR count). The maximum atomic E-state index is 13.8. The quantitative estimate of drug-likeness (QED) is 0.681. The number of hydrogen-bond donors (Lipinski definition) is 1. The van der Waals surface area contributed by atoms with Crippen LogP contribution in [0.15, 0.2) is 17.1 Å². The first-order chi connectivity index (χ1) is 11.5. The van der Waals surface area contributed by atoms with Gasteiger partial charge >= 0.3 is 0 Å². The molecule has 0 spiro atoms. The molecule has 5 nitrogen and oxygen atoms in total. The van der Waals surface area contributed by atoms with Gasteiger partial charge in [0.05, 0.1) is 6.61 Å². The number of rotatable bonds is 3. The third-order valence-corrected chi connectivity index (χ3v) is 4.62. The Morgan fingerprint density at radius 3 is 2.96 bits per heavy atom. The van der Waals surface area contributed by atoms with E-state index in [1.807, 2.05) is 0 Å². The van der Waals surface area contributed by atoms with Crippen LogP contribution in [-0.2, 0) is 17.8 Å². The summed E-state index contributed by atoms with van der Waals surface area (Å²) in [5.74, 6) is 1.43. The van der Waals surface area contributed by atoms with Gasteiger partial charge in [-0.3, -0.25) is 4.99 Å². The first kappa shape index (κ1) is 17.0. The van der Waals surface area contributed by atoms with Crippen molar-refractivity contribution in [2.75, 3.05) is 33.5 Å². The van der Waals surface area contributed by atoms with Crippen molar-refractivity contribution >= 4 is 5.96 Å². The van der Waals surface area contributed by atoms with Gasteiger partial charge in [-0.05, 0) is 36.0 Å².